The Hall–Kier alpha value is -3.17. The molecule has 3 aromatic rings. The van der Waals surface area contributed by atoms with Crippen LogP contribution in [-0.2, 0) is 6.61 Å². The first-order valence-electron chi connectivity index (χ1n) is 7.16. The SMILES string of the molecule is N#Cc1ccc(NC(=O)c2cccc(OCc3cscn3)c2)cc1. The van der Waals surface area contributed by atoms with Gasteiger partial charge in [0.2, 0.25) is 0 Å². The van der Waals surface area contributed by atoms with E-state index in [2.05, 4.69) is 10.3 Å². The third-order valence-electron chi connectivity index (χ3n) is 3.24. The van der Waals surface area contributed by atoms with Gasteiger partial charge in [-0.05, 0) is 42.5 Å². The van der Waals surface area contributed by atoms with Crippen LogP contribution in [0.2, 0.25) is 0 Å². The molecule has 1 amide bonds. The van der Waals surface area contributed by atoms with Crippen LogP contribution in [-0.4, -0.2) is 10.9 Å². The molecular formula is C18H13N3O2S. The third-order valence-corrected chi connectivity index (χ3v) is 3.87. The molecule has 0 radical (unpaired) electrons. The number of hydrogen-bond donors (Lipinski definition) is 1. The summed E-state index contributed by atoms with van der Waals surface area (Å²) in [6.45, 7) is 0.365. The molecule has 0 aliphatic rings. The van der Waals surface area contributed by atoms with Crippen molar-refractivity contribution < 1.29 is 9.53 Å². The number of aromatic nitrogens is 1. The Morgan fingerprint density at radius 3 is 2.79 bits per heavy atom. The summed E-state index contributed by atoms with van der Waals surface area (Å²) in [7, 11) is 0. The van der Waals surface area contributed by atoms with Crippen LogP contribution in [0.3, 0.4) is 0 Å². The van der Waals surface area contributed by atoms with Gasteiger partial charge in [0.15, 0.2) is 0 Å². The first kappa shape index (κ1) is 15.7. The summed E-state index contributed by atoms with van der Waals surface area (Å²) < 4.78 is 5.65. The van der Waals surface area contributed by atoms with Gasteiger partial charge in [-0.1, -0.05) is 6.07 Å². The molecule has 0 fully saturated rings. The van der Waals surface area contributed by atoms with Gasteiger partial charge in [0, 0.05) is 16.6 Å². The Labute approximate surface area is 143 Å². The second kappa shape index (κ2) is 7.40. The minimum Gasteiger partial charge on any atom is -0.487 e. The van der Waals surface area contributed by atoms with Crippen LogP contribution in [0.25, 0.3) is 0 Å². The van der Waals surface area contributed by atoms with Gasteiger partial charge in [-0.15, -0.1) is 11.3 Å². The van der Waals surface area contributed by atoms with Crippen LogP contribution >= 0.6 is 11.3 Å². The van der Waals surface area contributed by atoms with E-state index < -0.39 is 0 Å². The number of rotatable bonds is 5. The van der Waals surface area contributed by atoms with Gasteiger partial charge in [0.05, 0.1) is 22.8 Å². The highest BCUT2D eigenvalue weighted by molar-refractivity contribution is 7.07. The molecule has 0 aliphatic heterocycles. The van der Waals surface area contributed by atoms with Gasteiger partial charge in [-0.3, -0.25) is 4.79 Å². The lowest BCUT2D eigenvalue weighted by Gasteiger charge is -2.08. The van der Waals surface area contributed by atoms with Gasteiger partial charge in [-0.2, -0.15) is 5.26 Å². The zero-order valence-corrected chi connectivity index (χ0v) is 13.4. The summed E-state index contributed by atoms with van der Waals surface area (Å²) in [5.41, 5.74) is 4.28. The van der Waals surface area contributed by atoms with E-state index in [1.54, 1.807) is 54.0 Å². The number of nitriles is 1. The molecule has 2 aromatic carbocycles. The Balaban J connectivity index is 1.66. The fourth-order valence-corrected chi connectivity index (χ4v) is 2.57. The maximum absolute atomic E-state index is 12.3. The number of nitrogens with zero attached hydrogens (tertiary/aromatic N) is 2. The first-order valence-corrected chi connectivity index (χ1v) is 8.10. The van der Waals surface area contributed by atoms with E-state index in [0.29, 0.717) is 29.2 Å². The second-order valence-corrected chi connectivity index (χ2v) is 5.66. The van der Waals surface area contributed by atoms with Crippen molar-refractivity contribution >= 4 is 22.9 Å². The molecule has 1 heterocycles. The molecule has 0 saturated carbocycles. The van der Waals surface area contributed by atoms with E-state index >= 15 is 0 Å². The maximum Gasteiger partial charge on any atom is 0.255 e. The first-order chi connectivity index (χ1) is 11.7. The summed E-state index contributed by atoms with van der Waals surface area (Å²) in [5, 5.41) is 13.5. The average molecular weight is 335 g/mol. The predicted molar refractivity (Wildman–Crippen MR) is 92.0 cm³/mol. The smallest absolute Gasteiger partial charge is 0.255 e. The Morgan fingerprint density at radius 2 is 2.08 bits per heavy atom. The molecule has 0 unspecified atom stereocenters. The largest absolute Gasteiger partial charge is 0.487 e. The van der Waals surface area contributed by atoms with Crippen LogP contribution in [0.15, 0.2) is 59.4 Å². The molecule has 5 nitrogen and oxygen atoms in total. The van der Waals surface area contributed by atoms with Crippen LogP contribution < -0.4 is 10.1 Å². The van der Waals surface area contributed by atoms with Gasteiger partial charge >= 0.3 is 0 Å². The number of nitrogens with one attached hydrogen (secondary N) is 1. The number of carbonyl (C=O) groups excluding carboxylic acids is 1. The van der Waals surface area contributed by atoms with E-state index in [1.807, 2.05) is 11.4 Å². The molecule has 0 saturated heterocycles. The van der Waals surface area contributed by atoms with E-state index in [-0.39, 0.29) is 5.91 Å². The van der Waals surface area contributed by atoms with E-state index in [9.17, 15) is 4.79 Å². The lowest BCUT2D eigenvalue weighted by atomic mass is 10.2. The molecule has 1 N–H and O–H groups in total. The van der Waals surface area contributed by atoms with Gasteiger partial charge in [0.25, 0.3) is 5.91 Å². The summed E-state index contributed by atoms with van der Waals surface area (Å²) in [4.78, 5) is 16.5. The summed E-state index contributed by atoms with van der Waals surface area (Å²) in [6.07, 6.45) is 0. The quantitative estimate of drug-likeness (QED) is 0.768. The highest BCUT2D eigenvalue weighted by atomic mass is 32.1. The van der Waals surface area contributed by atoms with Crippen molar-refractivity contribution in [1.29, 1.82) is 5.26 Å². The van der Waals surface area contributed by atoms with E-state index in [1.165, 1.54) is 11.3 Å². The van der Waals surface area contributed by atoms with Crippen molar-refractivity contribution in [2.75, 3.05) is 5.32 Å². The van der Waals surface area contributed by atoms with E-state index in [4.69, 9.17) is 10.00 Å². The van der Waals surface area contributed by atoms with Gasteiger partial charge in [-0.25, -0.2) is 4.98 Å². The zero-order valence-electron chi connectivity index (χ0n) is 12.6. The Bertz CT molecular complexity index is 868. The number of thiazole rings is 1. The van der Waals surface area contributed by atoms with E-state index in [0.717, 1.165) is 5.69 Å². The normalized spacial score (nSPS) is 9.96. The van der Waals surface area contributed by atoms with Crippen molar-refractivity contribution in [2.45, 2.75) is 6.61 Å². The summed E-state index contributed by atoms with van der Waals surface area (Å²) in [6, 6.07) is 15.7. The van der Waals surface area contributed by atoms with Crippen LogP contribution in [0.1, 0.15) is 21.6 Å². The Morgan fingerprint density at radius 1 is 1.25 bits per heavy atom. The third kappa shape index (κ3) is 3.97. The number of ether oxygens (including phenoxy) is 1. The minimum absolute atomic E-state index is 0.237. The lowest BCUT2D eigenvalue weighted by molar-refractivity contribution is 0.102. The fourth-order valence-electron chi connectivity index (χ4n) is 2.02. The van der Waals surface area contributed by atoms with Crippen molar-refractivity contribution in [3.05, 3.63) is 76.2 Å². The molecule has 0 atom stereocenters. The number of anilines is 1. The second-order valence-electron chi connectivity index (χ2n) is 4.94. The number of benzene rings is 2. The molecule has 3 rings (SSSR count). The molecule has 1 aromatic heterocycles. The number of hydrogen-bond acceptors (Lipinski definition) is 5. The Kier molecular flexibility index (Phi) is 4.84. The highest BCUT2D eigenvalue weighted by Crippen LogP contribution is 2.17. The van der Waals surface area contributed by atoms with Crippen molar-refractivity contribution in [3.63, 3.8) is 0 Å². The lowest BCUT2D eigenvalue weighted by Crippen LogP contribution is -2.12. The molecule has 6 heteroatoms. The minimum atomic E-state index is -0.237. The molecular weight excluding hydrogens is 322 g/mol. The highest BCUT2D eigenvalue weighted by Gasteiger charge is 2.08. The summed E-state index contributed by atoms with van der Waals surface area (Å²) >= 11 is 1.51. The van der Waals surface area contributed by atoms with Crippen molar-refractivity contribution in [3.8, 4) is 11.8 Å². The molecule has 118 valence electrons. The monoisotopic (exact) mass is 335 g/mol. The summed E-state index contributed by atoms with van der Waals surface area (Å²) in [5.74, 6) is 0.370. The van der Waals surface area contributed by atoms with Gasteiger partial charge in [0.1, 0.15) is 12.4 Å². The van der Waals surface area contributed by atoms with Crippen LogP contribution in [0.4, 0.5) is 5.69 Å². The van der Waals surface area contributed by atoms with Crippen molar-refractivity contribution in [2.24, 2.45) is 0 Å². The zero-order chi connectivity index (χ0) is 16.8. The number of carbonyl (C=O) groups is 1. The standard InChI is InChI=1S/C18H13N3O2S/c19-9-13-4-6-15(7-5-13)21-18(22)14-2-1-3-17(8-14)23-10-16-11-24-12-20-16/h1-8,11-12H,10H2,(H,21,22). The predicted octanol–water partition coefficient (Wildman–Crippen LogP) is 3.85. The van der Waals surface area contributed by atoms with Crippen molar-refractivity contribution in [1.82, 2.24) is 4.98 Å². The number of amides is 1. The topological polar surface area (TPSA) is 75.0 Å². The van der Waals surface area contributed by atoms with Crippen LogP contribution in [0.5, 0.6) is 5.75 Å². The van der Waals surface area contributed by atoms with Crippen LogP contribution in [0, 0.1) is 11.3 Å². The molecule has 0 spiro atoms. The molecule has 24 heavy (non-hydrogen) atoms. The average Bonchev–Trinajstić information content (AvgIpc) is 3.14. The fraction of sp³-hybridized carbons (Fsp3) is 0.0556. The van der Waals surface area contributed by atoms with Gasteiger partial charge < -0.3 is 10.1 Å². The maximum atomic E-state index is 12.3. The molecule has 0 bridgehead atoms. The molecule has 0 aliphatic carbocycles.